The maximum atomic E-state index is 9.70. The Bertz CT molecular complexity index is 699. The highest BCUT2D eigenvalue weighted by molar-refractivity contribution is 5.83. The van der Waals surface area contributed by atoms with Crippen LogP contribution in [0.15, 0.2) is 35.4 Å². The molecule has 1 fully saturated rings. The van der Waals surface area contributed by atoms with E-state index in [1.165, 1.54) is 0 Å². The van der Waals surface area contributed by atoms with Crippen LogP contribution in [-0.4, -0.2) is 47.6 Å². The summed E-state index contributed by atoms with van der Waals surface area (Å²) in [6.45, 7) is 4.86. The summed E-state index contributed by atoms with van der Waals surface area (Å²) in [6, 6.07) is 8.83. The minimum absolute atomic E-state index is 0.186. The molecule has 1 aromatic carbocycles. The number of aromatic nitrogens is 2. The van der Waals surface area contributed by atoms with Crippen LogP contribution >= 0.6 is 0 Å². The molecule has 0 radical (unpaired) electrons. The summed E-state index contributed by atoms with van der Waals surface area (Å²) in [6.07, 6.45) is 1.56. The fourth-order valence-electron chi connectivity index (χ4n) is 2.28. The Balaban J connectivity index is 1.72. The molecule has 1 saturated heterocycles. The fourth-order valence-corrected chi connectivity index (χ4v) is 2.28. The number of hydrogen-bond acceptors (Lipinski definition) is 7. The standard InChI is InChI=1S/C16H19N5O2/c1-12-10-15(19-16(18-12)21-6-8-23-9-7-21)20-17-11-13-4-2-3-5-14(13)22/h2-5,10-11,22H,6-9H2,1H3,(H,18,19,20)/b17-11-. The van der Waals surface area contributed by atoms with Crippen LogP contribution in [-0.2, 0) is 4.74 Å². The number of para-hydroxylation sites is 1. The molecule has 0 amide bonds. The van der Waals surface area contributed by atoms with E-state index in [1.54, 1.807) is 24.4 Å². The first-order valence-corrected chi connectivity index (χ1v) is 7.48. The van der Waals surface area contributed by atoms with Gasteiger partial charge in [-0.3, -0.25) is 5.43 Å². The molecule has 120 valence electrons. The average Bonchev–Trinajstić information content (AvgIpc) is 2.57. The van der Waals surface area contributed by atoms with Crippen molar-refractivity contribution in [3.8, 4) is 5.75 Å². The zero-order valence-corrected chi connectivity index (χ0v) is 12.9. The molecule has 23 heavy (non-hydrogen) atoms. The Morgan fingerprint density at radius 1 is 1.26 bits per heavy atom. The smallest absolute Gasteiger partial charge is 0.227 e. The molecule has 7 heteroatoms. The third kappa shape index (κ3) is 3.95. The van der Waals surface area contributed by atoms with Crippen molar-refractivity contribution in [3.63, 3.8) is 0 Å². The van der Waals surface area contributed by atoms with Crippen molar-refractivity contribution >= 4 is 18.0 Å². The molecule has 0 bridgehead atoms. The number of rotatable bonds is 4. The number of phenolic OH excluding ortho intramolecular Hbond substituents is 1. The number of aromatic hydroxyl groups is 1. The molecule has 0 aliphatic carbocycles. The van der Waals surface area contributed by atoms with Crippen molar-refractivity contribution in [2.24, 2.45) is 5.10 Å². The van der Waals surface area contributed by atoms with Gasteiger partial charge in [-0.2, -0.15) is 10.1 Å². The second kappa shape index (κ2) is 7.06. The summed E-state index contributed by atoms with van der Waals surface area (Å²) in [5.41, 5.74) is 4.39. The van der Waals surface area contributed by atoms with Crippen LogP contribution in [0.1, 0.15) is 11.3 Å². The molecule has 3 rings (SSSR count). The van der Waals surface area contributed by atoms with Crippen LogP contribution in [0, 0.1) is 6.92 Å². The summed E-state index contributed by atoms with van der Waals surface area (Å²) in [5, 5.41) is 13.8. The number of phenols is 1. The van der Waals surface area contributed by atoms with Gasteiger partial charge >= 0.3 is 0 Å². The number of anilines is 2. The Kier molecular flexibility index (Phi) is 4.68. The van der Waals surface area contributed by atoms with Crippen molar-refractivity contribution in [1.29, 1.82) is 0 Å². The molecule has 0 saturated carbocycles. The van der Waals surface area contributed by atoms with E-state index in [9.17, 15) is 5.11 Å². The van der Waals surface area contributed by atoms with E-state index in [2.05, 4.69) is 25.4 Å². The Hall–Kier alpha value is -2.67. The summed E-state index contributed by atoms with van der Waals surface area (Å²) in [7, 11) is 0. The number of morpholine rings is 1. The van der Waals surface area contributed by atoms with Gasteiger partial charge in [0.05, 0.1) is 19.4 Å². The SMILES string of the molecule is Cc1cc(N/N=C\c2ccccc2O)nc(N2CCOCC2)n1. The number of hydrogen-bond donors (Lipinski definition) is 2. The highest BCUT2D eigenvalue weighted by Gasteiger charge is 2.14. The summed E-state index contributed by atoms with van der Waals surface area (Å²) in [5.74, 6) is 1.48. The first kappa shape index (κ1) is 15.2. The molecule has 2 aromatic rings. The van der Waals surface area contributed by atoms with Crippen molar-refractivity contribution in [1.82, 2.24) is 9.97 Å². The molecule has 1 aromatic heterocycles. The lowest BCUT2D eigenvalue weighted by molar-refractivity contribution is 0.122. The van der Waals surface area contributed by atoms with E-state index in [0.717, 1.165) is 18.8 Å². The first-order chi connectivity index (χ1) is 11.2. The lowest BCUT2D eigenvalue weighted by Crippen LogP contribution is -2.37. The molecule has 0 atom stereocenters. The molecule has 2 heterocycles. The van der Waals surface area contributed by atoms with Gasteiger partial charge in [-0.25, -0.2) is 4.98 Å². The second-order valence-electron chi connectivity index (χ2n) is 5.22. The molecule has 1 aliphatic rings. The van der Waals surface area contributed by atoms with E-state index in [-0.39, 0.29) is 5.75 Å². The topological polar surface area (TPSA) is 82.9 Å². The number of nitrogens with one attached hydrogen (secondary N) is 1. The van der Waals surface area contributed by atoms with E-state index >= 15 is 0 Å². The van der Waals surface area contributed by atoms with Gasteiger partial charge in [0, 0.05) is 30.4 Å². The van der Waals surface area contributed by atoms with Crippen LogP contribution in [0.25, 0.3) is 0 Å². The van der Waals surface area contributed by atoms with Crippen LogP contribution in [0.3, 0.4) is 0 Å². The molecule has 7 nitrogen and oxygen atoms in total. The fraction of sp³-hybridized carbons (Fsp3) is 0.312. The summed E-state index contributed by atoms with van der Waals surface area (Å²) >= 11 is 0. The van der Waals surface area contributed by atoms with Crippen molar-refractivity contribution in [2.75, 3.05) is 36.6 Å². The summed E-state index contributed by atoms with van der Waals surface area (Å²) in [4.78, 5) is 11.0. The number of nitrogens with zero attached hydrogens (tertiary/aromatic N) is 4. The third-order valence-corrected chi connectivity index (χ3v) is 3.46. The Morgan fingerprint density at radius 3 is 2.83 bits per heavy atom. The Labute approximate surface area is 134 Å². The maximum absolute atomic E-state index is 9.70. The van der Waals surface area contributed by atoms with Crippen LogP contribution in [0.2, 0.25) is 0 Å². The van der Waals surface area contributed by atoms with Gasteiger partial charge in [-0.05, 0) is 19.1 Å². The molecular weight excluding hydrogens is 294 g/mol. The quantitative estimate of drug-likeness (QED) is 0.661. The predicted octanol–water partition coefficient (Wildman–Crippen LogP) is 1.77. The first-order valence-electron chi connectivity index (χ1n) is 7.48. The zero-order valence-electron chi connectivity index (χ0n) is 12.9. The predicted molar refractivity (Wildman–Crippen MR) is 89.1 cm³/mol. The van der Waals surface area contributed by atoms with Crippen LogP contribution < -0.4 is 10.3 Å². The Morgan fingerprint density at radius 2 is 2.04 bits per heavy atom. The van der Waals surface area contributed by atoms with Crippen molar-refractivity contribution < 1.29 is 9.84 Å². The van der Waals surface area contributed by atoms with E-state index in [4.69, 9.17) is 4.74 Å². The van der Waals surface area contributed by atoms with Gasteiger partial charge in [0.15, 0.2) is 5.82 Å². The monoisotopic (exact) mass is 313 g/mol. The lowest BCUT2D eigenvalue weighted by Gasteiger charge is -2.27. The second-order valence-corrected chi connectivity index (χ2v) is 5.22. The van der Waals surface area contributed by atoms with Gasteiger partial charge in [0.2, 0.25) is 5.95 Å². The van der Waals surface area contributed by atoms with Gasteiger partial charge < -0.3 is 14.7 Å². The third-order valence-electron chi connectivity index (χ3n) is 3.46. The van der Waals surface area contributed by atoms with Gasteiger partial charge in [0.1, 0.15) is 5.75 Å². The molecule has 0 spiro atoms. The van der Waals surface area contributed by atoms with E-state index < -0.39 is 0 Å². The summed E-state index contributed by atoms with van der Waals surface area (Å²) < 4.78 is 5.35. The maximum Gasteiger partial charge on any atom is 0.227 e. The zero-order chi connectivity index (χ0) is 16.1. The van der Waals surface area contributed by atoms with Crippen LogP contribution in [0.4, 0.5) is 11.8 Å². The molecule has 1 aliphatic heterocycles. The van der Waals surface area contributed by atoms with Gasteiger partial charge in [0.25, 0.3) is 0 Å². The molecule has 0 unspecified atom stereocenters. The van der Waals surface area contributed by atoms with Crippen molar-refractivity contribution in [2.45, 2.75) is 6.92 Å². The van der Waals surface area contributed by atoms with Crippen molar-refractivity contribution in [3.05, 3.63) is 41.6 Å². The average molecular weight is 313 g/mol. The molecular formula is C16H19N5O2. The highest BCUT2D eigenvalue weighted by atomic mass is 16.5. The highest BCUT2D eigenvalue weighted by Crippen LogP contribution is 2.16. The van der Waals surface area contributed by atoms with Gasteiger partial charge in [-0.15, -0.1) is 0 Å². The van der Waals surface area contributed by atoms with E-state index in [1.807, 2.05) is 19.1 Å². The van der Waals surface area contributed by atoms with Gasteiger partial charge in [-0.1, -0.05) is 12.1 Å². The minimum Gasteiger partial charge on any atom is -0.507 e. The normalized spacial score (nSPS) is 15.1. The minimum atomic E-state index is 0.186. The number of ether oxygens (including phenoxy) is 1. The molecule has 2 N–H and O–H groups in total. The van der Waals surface area contributed by atoms with Crippen LogP contribution in [0.5, 0.6) is 5.75 Å². The number of hydrazone groups is 1. The largest absolute Gasteiger partial charge is 0.507 e. The number of aryl methyl sites for hydroxylation is 1. The lowest BCUT2D eigenvalue weighted by atomic mass is 10.2. The van der Waals surface area contributed by atoms with E-state index in [0.29, 0.717) is 30.5 Å². The number of benzene rings is 1.